The molecule has 1 saturated heterocycles. The highest BCUT2D eigenvalue weighted by atomic mass is 19.1. The number of para-hydroxylation sites is 1. The molecule has 1 amide bonds. The number of benzene rings is 1. The van der Waals surface area contributed by atoms with Crippen molar-refractivity contribution in [1.82, 2.24) is 14.9 Å². The van der Waals surface area contributed by atoms with E-state index in [-0.39, 0.29) is 18.5 Å². The highest BCUT2D eigenvalue weighted by molar-refractivity contribution is 5.93. The molecule has 1 aromatic carbocycles. The van der Waals surface area contributed by atoms with Gasteiger partial charge in [-0.25, -0.2) is 14.4 Å². The molecule has 1 saturated carbocycles. The lowest BCUT2D eigenvalue weighted by Crippen LogP contribution is -2.50. The normalized spacial score (nSPS) is 22.0. The second-order valence-corrected chi connectivity index (χ2v) is 7.26. The maximum absolute atomic E-state index is 14.4. The predicted octanol–water partition coefficient (Wildman–Crippen LogP) is 2.95. The van der Waals surface area contributed by atoms with Crippen LogP contribution in [-0.4, -0.2) is 52.6 Å². The average molecular weight is 342 g/mol. The summed E-state index contributed by atoms with van der Waals surface area (Å²) in [5.74, 6) is 0.789. The van der Waals surface area contributed by atoms with Gasteiger partial charge in [0.2, 0.25) is 5.91 Å². The first-order valence-corrected chi connectivity index (χ1v) is 8.98. The summed E-state index contributed by atoms with van der Waals surface area (Å²) >= 11 is 0. The van der Waals surface area contributed by atoms with Gasteiger partial charge in [-0.2, -0.15) is 0 Å². The Morgan fingerprint density at radius 2 is 2.12 bits per heavy atom. The van der Waals surface area contributed by atoms with Crippen LogP contribution in [-0.2, 0) is 4.79 Å². The van der Waals surface area contributed by atoms with Crippen molar-refractivity contribution in [2.45, 2.75) is 43.8 Å². The zero-order valence-corrected chi connectivity index (χ0v) is 14.5. The molecular weight excluding hydrogens is 319 g/mol. The first-order valence-electron chi connectivity index (χ1n) is 8.98. The maximum Gasteiger partial charge on any atom is 0.245 e. The third-order valence-corrected chi connectivity index (χ3v) is 5.48. The van der Waals surface area contributed by atoms with Crippen LogP contribution in [0.15, 0.2) is 30.6 Å². The first kappa shape index (κ1) is 16.2. The van der Waals surface area contributed by atoms with E-state index in [9.17, 15) is 9.18 Å². The largest absolute Gasteiger partial charge is 0.344 e. The second kappa shape index (κ2) is 6.24. The van der Waals surface area contributed by atoms with Crippen LogP contribution in [0.2, 0.25) is 0 Å². The summed E-state index contributed by atoms with van der Waals surface area (Å²) in [7, 11) is 1.72. The highest BCUT2D eigenvalue weighted by Crippen LogP contribution is 2.37. The van der Waals surface area contributed by atoms with Gasteiger partial charge in [0.05, 0.1) is 12.1 Å². The van der Waals surface area contributed by atoms with E-state index in [1.807, 2.05) is 24.3 Å². The van der Waals surface area contributed by atoms with Crippen molar-refractivity contribution in [1.29, 1.82) is 0 Å². The van der Waals surface area contributed by atoms with Gasteiger partial charge in [-0.3, -0.25) is 4.79 Å². The molecule has 5 nitrogen and oxygen atoms in total. The van der Waals surface area contributed by atoms with Crippen LogP contribution in [0.3, 0.4) is 0 Å². The lowest BCUT2D eigenvalue weighted by atomic mass is 9.81. The molecule has 2 heterocycles. The minimum atomic E-state index is -1.19. The number of anilines is 1. The molecule has 1 aliphatic carbocycles. The van der Waals surface area contributed by atoms with Gasteiger partial charge in [-0.15, -0.1) is 0 Å². The fourth-order valence-electron chi connectivity index (χ4n) is 3.97. The van der Waals surface area contributed by atoms with E-state index < -0.39 is 5.67 Å². The molecule has 4 rings (SSSR count). The quantitative estimate of drug-likeness (QED) is 0.857. The Labute approximate surface area is 146 Å². The van der Waals surface area contributed by atoms with E-state index >= 15 is 0 Å². The van der Waals surface area contributed by atoms with E-state index in [2.05, 4.69) is 14.9 Å². The van der Waals surface area contributed by atoms with Crippen LogP contribution >= 0.6 is 0 Å². The summed E-state index contributed by atoms with van der Waals surface area (Å²) < 4.78 is 14.4. The number of hydrogen-bond acceptors (Lipinski definition) is 4. The predicted molar refractivity (Wildman–Crippen MR) is 95.2 cm³/mol. The molecule has 0 radical (unpaired) electrons. The summed E-state index contributed by atoms with van der Waals surface area (Å²) in [6, 6.07) is 7.56. The zero-order chi connectivity index (χ0) is 17.4. The molecule has 132 valence electrons. The molecule has 1 unspecified atom stereocenters. The standard InChI is InChI=1S/C19H23FN4O/c1-23(12-19(20)9-5-10-19)18(25)16-8-4-11-24(16)17-14-6-2-3-7-15(14)21-13-22-17/h2-3,6-7,13,16H,4-5,8-12H2,1H3. The molecule has 2 aliphatic rings. The topological polar surface area (TPSA) is 49.3 Å². The van der Waals surface area contributed by atoms with E-state index in [0.29, 0.717) is 12.8 Å². The van der Waals surface area contributed by atoms with Gasteiger partial charge < -0.3 is 9.80 Å². The monoisotopic (exact) mass is 342 g/mol. The van der Waals surface area contributed by atoms with E-state index in [4.69, 9.17) is 0 Å². The first-order chi connectivity index (χ1) is 12.1. The van der Waals surface area contributed by atoms with Crippen LogP contribution in [0.5, 0.6) is 0 Å². The van der Waals surface area contributed by atoms with Gasteiger partial charge in [0.25, 0.3) is 0 Å². The van der Waals surface area contributed by atoms with Crippen molar-refractivity contribution in [3.05, 3.63) is 30.6 Å². The Hall–Kier alpha value is -2.24. The van der Waals surface area contributed by atoms with Gasteiger partial charge in [0.1, 0.15) is 23.9 Å². The number of rotatable bonds is 4. The second-order valence-electron chi connectivity index (χ2n) is 7.26. The molecule has 0 bridgehead atoms. The van der Waals surface area contributed by atoms with Gasteiger partial charge >= 0.3 is 0 Å². The zero-order valence-electron chi connectivity index (χ0n) is 14.5. The van der Waals surface area contributed by atoms with Crippen LogP contribution in [0, 0.1) is 0 Å². The highest BCUT2D eigenvalue weighted by Gasteiger charge is 2.41. The maximum atomic E-state index is 14.4. The molecule has 1 aromatic heterocycles. The molecule has 2 fully saturated rings. The van der Waals surface area contributed by atoms with Gasteiger partial charge in [0.15, 0.2) is 0 Å². The Morgan fingerprint density at radius 1 is 1.32 bits per heavy atom. The molecule has 0 N–H and O–H groups in total. The lowest BCUT2D eigenvalue weighted by Gasteiger charge is -2.38. The summed E-state index contributed by atoms with van der Waals surface area (Å²) in [6.07, 6.45) is 5.31. The fourth-order valence-corrected chi connectivity index (χ4v) is 3.97. The lowest BCUT2D eigenvalue weighted by molar-refractivity contribution is -0.134. The number of likely N-dealkylation sites (N-methyl/N-ethyl adjacent to an activating group) is 1. The molecule has 0 spiro atoms. The number of halogens is 1. The van der Waals surface area contributed by atoms with Crippen LogP contribution < -0.4 is 4.90 Å². The van der Waals surface area contributed by atoms with Crippen molar-refractivity contribution in [3.8, 4) is 0 Å². The minimum absolute atomic E-state index is 0.0101. The molecular formula is C19H23FN4O. The smallest absolute Gasteiger partial charge is 0.245 e. The number of aromatic nitrogens is 2. The molecule has 2 aromatic rings. The third kappa shape index (κ3) is 2.94. The van der Waals surface area contributed by atoms with Gasteiger partial charge in [-0.05, 0) is 44.2 Å². The number of nitrogens with zero attached hydrogens (tertiary/aromatic N) is 4. The number of fused-ring (bicyclic) bond motifs is 1. The van der Waals surface area contributed by atoms with E-state index in [0.717, 1.165) is 42.5 Å². The van der Waals surface area contributed by atoms with E-state index in [1.165, 1.54) is 0 Å². The van der Waals surface area contributed by atoms with E-state index in [1.54, 1.807) is 18.3 Å². The molecule has 1 aliphatic heterocycles. The Balaban J connectivity index is 1.58. The van der Waals surface area contributed by atoms with Crippen molar-refractivity contribution < 1.29 is 9.18 Å². The van der Waals surface area contributed by atoms with Crippen LogP contribution in [0.4, 0.5) is 10.2 Å². The number of carbonyl (C=O) groups excluding carboxylic acids is 1. The number of carbonyl (C=O) groups is 1. The van der Waals surface area contributed by atoms with Crippen LogP contribution in [0.25, 0.3) is 10.9 Å². The Morgan fingerprint density at radius 3 is 2.88 bits per heavy atom. The average Bonchev–Trinajstić information content (AvgIpc) is 3.08. The molecule has 6 heteroatoms. The Bertz CT molecular complexity index is 787. The number of alkyl halides is 1. The summed E-state index contributed by atoms with van der Waals surface area (Å²) in [6.45, 7) is 0.979. The number of amides is 1. The molecule has 1 atom stereocenters. The van der Waals surface area contributed by atoms with Crippen LogP contribution in [0.1, 0.15) is 32.1 Å². The third-order valence-electron chi connectivity index (χ3n) is 5.48. The Kier molecular flexibility index (Phi) is 4.06. The van der Waals surface area contributed by atoms with Crippen molar-refractivity contribution in [2.75, 3.05) is 25.0 Å². The van der Waals surface area contributed by atoms with Crippen molar-refractivity contribution in [2.24, 2.45) is 0 Å². The summed E-state index contributed by atoms with van der Waals surface area (Å²) in [4.78, 5) is 25.4. The van der Waals surface area contributed by atoms with Crippen molar-refractivity contribution >= 4 is 22.6 Å². The van der Waals surface area contributed by atoms with Crippen molar-refractivity contribution in [3.63, 3.8) is 0 Å². The number of hydrogen-bond donors (Lipinski definition) is 0. The minimum Gasteiger partial charge on any atom is -0.344 e. The fraction of sp³-hybridized carbons (Fsp3) is 0.526. The van der Waals surface area contributed by atoms with Gasteiger partial charge in [-0.1, -0.05) is 12.1 Å². The summed E-state index contributed by atoms with van der Waals surface area (Å²) in [5.41, 5.74) is -0.314. The SMILES string of the molecule is CN(CC1(F)CCC1)C(=O)C1CCCN1c1ncnc2ccccc12. The molecule has 25 heavy (non-hydrogen) atoms. The van der Waals surface area contributed by atoms with Gasteiger partial charge in [0, 0.05) is 19.0 Å². The summed E-state index contributed by atoms with van der Waals surface area (Å²) in [5, 5.41) is 0.952.